The lowest BCUT2D eigenvalue weighted by atomic mass is 10.2. The molecule has 0 saturated carbocycles. The molecular formula is C16H15FN4O2S. The Morgan fingerprint density at radius 1 is 1.38 bits per heavy atom. The number of furan rings is 1. The van der Waals surface area contributed by atoms with Gasteiger partial charge in [0.2, 0.25) is 11.1 Å². The third-order valence-electron chi connectivity index (χ3n) is 3.27. The highest BCUT2D eigenvalue weighted by molar-refractivity contribution is 7.99. The van der Waals surface area contributed by atoms with E-state index in [1.807, 2.05) is 6.92 Å². The van der Waals surface area contributed by atoms with Crippen LogP contribution < -0.4 is 5.32 Å². The number of nitrogens with zero attached hydrogens (tertiary/aromatic N) is 2. The maximum absolute atomic E-state index is 13.7. The van der Waals surface area contributed by atoms with Gasteiger partial charge in [0.1, 0.15) is 11.6 Å². The number of aromatic nitrogens is 3. The molecule has 0 fully saturated rings. The lowest BCUT2D eigenvalue weighted by Gasteiger charge is -2.10. The largest absolute Gasteiger partial charge is 0.467 e. The molecule has 0 radical (unpaired) electrons. The smallest absolute Gasteiger partial charge is 0.231 e. The second-order valence-electron chi connectivity index (χ2n) is 5.04. The monoisotopic (exact) mass is 346 g/mol. The lowest BCUT2D eigenvalue weighted by Crippen LogP contribution is -2.27. The van der Waals surface area contributed by atoms with Crippen LogP contribution in [0.5, 0.6) is 0 Å². The number of amides is 1. The lowest BCUT2D eigenvalue weighted by molar-refractivity contribution is -0.119. The molecule has 8 heteroatoms. The fourth-order valence-corrected chi connectivity index (χ4v) is 2.72. The Labute approximate surface area is 141 Å². The van der Waals surface area contributed by atoms with Gasteiger partial charge in [0.05, 0.1) is 23.6 Å². The number of benzene rings is 1. The first kappa shape index (κ1) is 16.3. The first-order valence-electron chi connectivity index (χ1n) is 7.26. The van der Waals surface area contributed by atoms with E-state index in [1.165, 1.54) is 17.8 Å². The maximum atomic E-state index is 13.7. The van der Waals surface area contributed by atoms with Gasteiger partial charge in [-0.15, -0.1) is 5.10 Å². The van der Waals surface area contributed by atoms with Crippen molar-refractivity contribution in [3.05, 3.63) is 54.2 Å². The molecule has 3 aromatic rings. The van der Waals surface area contributed by atoms with Crippen LogP contribution in [0.25, 0.3) is 11.4 Å². The number of H-pyrrole nitrogens is 1. The predicted molar refractivity (Wildman–Crippen MR) is 87.8 cm³/mol. The van der Waals surface area contributed by atoms with Crippen molar-refractivity contribution in [3.63, 3.8) is 0 Å². The van der Waals surface area contributed by atoms with E-state index in [9.17, 15) is 9.18 Å². The third kappa shape index (κ3) is 3.83. The van der Waals surface area contributed by atoms with E-state index in [-0.39, 0.29) is 23.5 Å². The van der Waals surface area contributed by atoms with Gasteiger partial charge in [0.25, 0.3) is 0 Å². The molecule has 0 aliphatic heterocycles. The van der Waals surface area contributed by atoms with Crippen LogP contribution in [0.4, 0.5) is 4.39 Å². The molecule has 0 saturated heterocycles. The van der Waals surface area contributed by atoms with Crippen LogP contribution in [0.2, 0.25) is 0 Å². The number of carbonyl (C=O) groups is 1. The fourth-order valence-electron chi connectivity index (χ4n) is 2.11. The summed E-state index contributed by atoms with van der Waals surface area (Å²) in [5.41, 5.74) is 0.341. The molecule has 0 spiro atoms. The topological polar surface area (TPSA) is 83.8 Å². The van der Waals surface area contributed by atoms with Gasteiger partial charge >= 0.3 is 0 Å². The average Bonchev–Trinajstić information content (AvgIpc) is 3.25. The van der Waals surface area contributed by atoms with Crippen molar-refractivity contribution in [1.29, 1.82) is 0 Å². The number of rotatable bonds is 6. The molecule has 24 heavy (non-hydrogen) atoms. The van der Waals surface area contributed by atoms with Gasteiger partial charge in [-0.3, -0.25) is 9.89 Å². The summed E-state index contributed by atoms with van der Waals surface area (Å²) < 4.78 is 18.9. The van der Waals surface area contributed by atoms with E-state index < -0.39 is 0 Å². The molecule has 2 N–H and O–H groups in total. The third-order valence-corrected chi connectivity index (χ3v) is 4.12. The first-order valence-corrected chi connectivity index (χ1v) is 8.25. The molecule has 124 valence electrons. The molecule has 0 bridgehead atoms. The van der Waals surface area contributed by atoms with E-state index >= 15 is 0 Å². The maximum Gasteiger partial charge on any atom is 0.231 e. The highest BCUT2D eigenvalue weighted by Gasteiger charge is 2.14. The summed E-state index contributed by atoms with van der Waals surface area (Å²) in [6.45, 7) is 1.84. The van der Waals surface area contributed by atoms with Crippen molar-refractivity contribution in [1.82, 2.24) is 20.5 Å². The minimum atomic E-state index is -0.379. The van der Waals surface area contributed by atoms with Crippen molar-refractivity contribution in [2.75, 3.05) is 5.75 Å². The Morgan fingerprint density at radius 3 is 2.96 bits per heavy atom. The molecule has 0 unspecified atom stereocenters. The summed E-state index contributed by atoms with van der Waals surface area (Å²) in [6, 6.07) is 9.65. The predicted octanol–water partition coefficient (Wildman–Crippen LogP) is 3.17. The van der Waals surface area contributed by atoms with Gasteiger partial charge in [0.15, 0.2) is 5.82 Å². The molecule has 1 aromatic carbocycles. The van der Waals surface area contributed by atoms with Crippen LogP contribution in [-0.2, 0) is 4.79 Å². The molecule has 1 amide bonds. The standard InChI is InChI=1S/C16H15FN4O2S/c1-10(13-7-4-8-23-13)18-14(22)9-24-16-19-15(20-21-16)11-5-2-3-6-12(11)17/h2-8,10H,9H2,1H3,(H,18,22)(H,19,20,21)/t10-/m1/s1. The first-order chi connectivity index (χ1) is 11.6. The van der Waals surface area contributed by atoms with Crippen molar-refractivity contribution in [2.24, 2.45) is 0 Å². The Kier molecular flexibility index (Phi) is 4.95. The van der Waals surface area contributed by atoms with E-state index in [1.54, 1.807) is 36.6 Å². The van der Waals surface area contributed by atoms with E-state index in [4.69, 9.17) is 4.42 Å². The summed E-state index contributed by atoms with van der Waals surface area (Å²) in [5, 5.41) is 9.88. The van der Waals surface area contributed by atoms with Crippen molar-refractivity contribution in [3.8, 4) is 11.4 Å². The molecule has 1 atom stereocenters. The Morgan fingerprint density at radius 2 is 2.21 bits per heavy atom. The molecule has 6 nitrogen and oxygen atoms in total. The van der Waals surface area contributed by atoms with Gasteiger partial charge < -0.3 is 9.73 Å². The summed E-state index contributed by atoms with van der Waals surface area (Å²) >= 11 is 1.17. The number of thioether (sulfide) groups is 1. The van der Waals surface area contributed by atoms with Crippen molar-refractivity contribution in [2.45, 2.75) is 18.1 Å². The highest BCUT2D eigenvalue weighted by Crippen LogP contribution is 2.21. The number of nitrogens with one attached hydrogen (secondary N) is 2. The summed E-state index contributed by atoms with van der Waals surface area (Å²) in [5.74, 6) is 0.629. The van der Waals surface area contributed by atoms with Crippen molar-refractivity contribution >= 4 is 17.7 Å². The normalized spacial score (nSPS) is 12.1. The van der Waals surface area contributed by atoms with Crippen LogP contribution in [0.1, 0.15) is 18.7 Å². The van der Waals surface area contributed by atoms with Gasteiger partial charge in [-0.2, -0.15) is 0 Å². The average molecular weight is 346 g/mol. The number of hydrogen-bond acceptors (Lipinski definition) is 5. The molecular weight excluding hydrogens is 331 g/mol. The Bertz CT molecular complexity index is 819. The van der Waals surface area contributed by atoms with Crippen LogP contribution in [0, 0.1) is 5.82 Å². The zero-order valence-electron chi connectivity index (χ0n) is 12.8. The summed E-state index contributed by atoms with van der Waals surface area (Å²) in [4.78, 5) is 16.2. The van der Waals surface area contributed by atoms with Crippen LogP contribution >= 0.6 is 11.8 Å². The van der Waals surface area contributed by atoms with Crippen LogP contribution in [0.15, 0.2) is 52.2 Å². The van der Waals surface area contributed by atoms with Gasteiger partial charge in [-0.1, -0.05) is 23.9 Å². The fraction of sp³-hybridized carbons (Fsp3) is 0.188. The summed E-state index contributed by atoms with van der Waals surface area (Å²) in [6.07, 6.45) is 1.56. The van der Waals surface area contributed by atoms with Gasteiger partial charge in [-0.25, -0.2) is 9.37 Å². The number of halogens is 1. The second-order valence-corrected chi connectivity index (χ2v) is 5.98. The molecule has 3 rings (SSSR count). The quantitative estimate of drug-likeness (QED) is 0.670. The number of hydrogen-bond donors (Lipinski definition) is 2. The highest BCUT2D eigenvalue weighted by atomic mass is 32.2. The zero-order valence-corrected chi connectivity index (χ0v) is 13.6. The molecule has 2 aromatic heterocycles. The van der Waals surface area contributed by atoms with E-state index in [0.29, 0.717) is 22.3 Å². The number of carbonyl (C=O) groups excluding carboxylic acids is 1. The SMILES string of the molecule is C[C@@H](NC(=O)CSc1n[nH]c(-c2ccccc2F)n1)c1ccco1. The van der Waals surface area contributed by atoms with Crippen LogP contribution in [0.3, 0.4) is 0 Å². The summed E-state index contributed by atoms with van der Waals surface area (Å²) in [7, 11) is 0. The van der Waals surface area contributed by atoms with Gasteiger partial charge in [0, 0.05) is 0 Å². The Hall–Kier alpha value is -2.61. The molecule has 0 aliphatic carbocycles. The molecule has 2 heterocycles. The van der Waals surface area contributed by atoms with Gasteiger partial charge in [-0.05, 0) is 31.2 Å². The van der Waals surface area contributed by atoms with Crippen LogP contribution in [-0.4, -0.2) is 26.8 Å². The van der Waals surface area contributed by atoms with Crippen molar-refractivity contribution < 1.29 is 13.6 Å². The Balaban J connectivity index is 1.56. The molecule has 0 aliphatic rings. The minimum Gasteiger partial charge on any atom is -0.467 e. The zero-order chi connectivity index (χ0) is 16.9. The number of aromatic amines is 1. The van der Waals surface area contributed by atoms with E-state index in [0.717, 1.165) is 0 Å². The minimum absolute atomic E-state index is 0.152. The van der Waals surface area contributed by atoms with E-state index in [2.05, 4.69) is 20.5 Å². The second kappa shape index (κ2) is 7.31.